The fourth-order valence-electron chi connectivity index (χ4n) is 3.46. The number of hydrogen-bond acceptors (Lipinski definition) is 6. The van der Waals surface area contributed by atoms with Gasteiger partial charge in [-0.25, -0.2) is 4.98 Å². The highest BCUT2D eigenvalue weighted by atomic mass is 35.5. The molecule has 4 rings (SSSR count). The number of carbonyl (C=O) groups is 1. The van der Waals surface area contributed by atoms with Crippen LogP contribution in [0.25, 0.3) is 0 Å². The first-order valence-electron chi connectivity index (χ1n) is 8.90. The van der Waals surface area contributed by atoms with Crippen molar-refractivity contribution in [3.05, 3.63) is 36.0 Å². The molecular formula is C17H25Cl2N7O. The van der Waals surface area contributed by atoms with E-state index in [9.17, 15) is 4.79 Å². The van der Waals surface area contributed by atoms with E-state index < -0.39 is 0 Å². The fraction of sp³-hybridized carbons (Fsp3) is 0.529. The number of carbonyl (C=O) groups excluding carboxylic acids is 1. The minimum Gasteiger partial charge on any atom is -0.355 e. The van der Waals surface area contributed by atoms with E-state index in [4.69, 9.17) is 0 Å². The molecule has 148 valence electrons. The molecule has 1 fully saturated rings. The predicted molar refractivity (Wildman–Crippen MR) is 108 cm³/mol. The number of hydrogen-bond donors (Lipinski definition) is 2. The van der Waals surface area contributed by atoms with Gasteiger partial charge in [0.1, 0.15) is 11.5 Å². The summed E-state index contributed by atoms with van der Waals surface area (Å²) in [4.78, 5) is 19.3. The smallest absolute Gasteiger partial charge is 0.271 e. The number of amides is 1. The molecule has 4 heterocycles. The van der Waals surface area contributed by atoms with Gasteiger partial charge in [-0.3, -0.25) is 4.79 Å². The van der Waals surface area contributed by atoms with Crippen molar-refractivity contribution in [3.63, 3.8) is 0 Å². The second kappa shape index (κ2) is 9.87. The van der Waals surface area contributed by atoms with Crippen LogP contribution in [0, 0.1) is 0 Å². The standard InChI is InChI=1S/C17H23N7O.2ClH/c25-17(14-12-24-11-8-18-7-3-15(24)21-14)20-13-4-9-23(10-5-13)16-2-1-6-19-22-16;;/h1-2,6,12-13,18H,3-5,7-11H2,(H,20,25);2*1H. The summed E-state index contributed by atoms with van der Waals surface area (Å²) in [6.45, 7) is 4.44. The van der Waals surface area contributed by atoms with Crippen molar-refractivity contribution in [2.45, 2.75) is 31.8 Å². The van der Waals surface area contributed by atoms with Gasteiger partial charge < -0.3 is 20.1 Å². The van der Waals surface area contributed by atoms with Gasteiger partial charge in [0.05, 0.1) is 0 Å². The van der Waals surface area contributed by atoms with Crippen molar-refractivity contribution in [2.24, 2.45) is 0 Å². The highest BCUT2D eigenvalue weighted by Crippen LogP contribution is 2.17. The largest absolute Gasteiger partial charge is 0.355 e. The molecular weight excluding hydrogens is 389 g/mol. The van der Waals surface area contributed by atoms with Crippen molar-refractivity contribution in [2.75, 3.05) is 31.1 Å². The first-order chi connectivity index (χ1) is 12.3. The minimum absolute atomic E-state index is 0. The van der Waals surface area contributed by atoms with E-state index in [1.54, 1.807) is 6.20 Å². The Kier molecular flexibility index (Phi) is 7.82. The van der Waals surface area contributed by atoms with Gasteiger partial charge in [-0.1, -0.05) is 0 Å². The molecule has 2 aromatic rings. The highest BCUT2D eigenvalue weighted by molar-refractivity contribution is 5.92. The summed E-state index contributed by atoms with van der Waals surface area (Å²) < 4.78 is 2.09. The summed E-state index contributed by atoms with van der Waals surface area (Å²) in [6.07, 6.45) is 6.23. The number of halogens is 2. The minimum atomic E-state index is -0.0634. The zero-order chi connectivity index (χ0) is 17.1. The van der Waals surface area contributed by atoms with Gasteiger partial charge in [-0.05, 0) is 25.0 Å². The van der Waals surface area contributed by atoms with Gasteiger partial charge in [-0.2, -0.15) is 5.10 Å². The van der Waals surface area contributed by atoms with Crippen LogP contribution in [0.3, 0.4) is 0 Å². The third-order valence-electron chi connectivity index (χ3n) is 4.86. The molecule has 1 amide bonds. The summed E-state index contributed by atoms with van der Waals surface area (Å²) >= 11 is 0. The average Bonchev–Trinajstić information content (AvgIpc) is 2.94. The summed E-state index contributed by atoms with van der Waals surface area (Å²) in [7, 11) is 0. The van der Waals surface area contributed by atoms with E-state index >= 15 is 0 Å². The lowest BCUT2D eigenvalue weighted by Gasteiger charge is -2.32. The SMILES string of the molecule is Cl.Cl.O=C(NC1CCN(c2cccnn2)CC1)c1cn2c(n1)CCNCC2. The maximum absolute atomic E-state index is 12.5. The number of rotatable bonds is 3. The van der Waals surface area contributed by atoms with Gasteiger partial charge >= 0.3 is 0 Å². The van der Waals surface area contributed by atoms with E-state index in [0.29, 0.717) is 5.69 Å². The van der Waals surface area contributed by atoms with Crippen LogP contribution < -0.4 is 15.5 Å². The van der Waals surface area contributed by atoms with Crippen molar-refractivity contribution in [1.29, 1.82) is 0 Å². The Labute approximate surface area is 171 Å². The van der Waals surface area contributed by atoms with Crippen LogP contribution in [-0.2, 0) is 13.0 Å². The predicted octanol–water partition coefficient (Wildman–Crippen LogP) is 1.06. The van der Waals surface area contributed by atoms with Crippen LogP contribution >= 0.6 is 24.8 Å². The molecule has 0 radical (unpaired) electrons. The van der Waals surface area contributed by atoms with Crippen LogP contribution in [0.2, 0.25) is 0 Å². The Morgan fingerprint density at radius 1 is 1.19 bits per heavy atom. The first kappa shape index (κ1) is 21.4. The lowest BCUT2D eigenvalue weighted by atomic mass is 10.0. The van der Waals surface area contributed by atoms with Crippen LogP contribution in [0.5, 0.6) is 0 Å². The third-order valence-corrected chi connectivity index (χ3v) is 4.86. The molecule has 1 saturated heterocycles. The molecule has 2 N–H and O–H groups in total. The van der Waals surface area contributed by atoms with Crippen LogP contribution in [-0.4, -0.2) is 57.9 Å². The molecule has 0 bridgehead atoms. The highest BCUT2D eigenvalue weighted by Gasteiger charge is 2.23. The lowest BCUT2D eigenvalue weighted by Crippen LogP contribution is -2.45. The number of fused-ring (bicyclic) bond motifs is 1. The third kappa shape index (κ3) is 5.09. The molecule has 0 atom stereocenters. The molecule has 0 aliphatic carbocycles. The van der Waals surface area contributed by atoms with E-state index in [2.05, 4.69) is 35.3 Å². The van der Waals surface area contributed by atoms with Gasteiger partial charge in [0.15, 0.2) is 5.82 Å². The molecule has 8 nitrogen and oxygen atoms in total. The molecule has 2 aromatic heterocycles. The molecule has 10 heteroatoms. The Morgan fingerprint density at radius 3 is 2.74 bits per heavy atom. The molecule has 2 aliphatic heterocycles. The van der Waals surface area contributed by atoms with E-state index in [1.165, 1.54) is 0 Å². The van der Waals surface area contributed by atoms with Gasteiger partial charge in [-0.15, -0.1) is 29.9 Å². The molecule has 27 heavy (non-hydrogen) atoms. The topological polar surface area (TPSA) is 88.0 Å². The molecule has 0 aromatic carbocycles. The van der Waals surface area contributed by atoms with Gasteiger partial charge in [0.2, 0.25) is 0 Å². The number of piperidine rings is 1. The van der Waals surface area contributed by atoms with Crippen LogP contribution in [0.15, 0.2) is 24.5 Å². The van der Waals surface area contributed by atoms with E-state index in [-0.39, 0.29) is 36.8 Å². The van der Waals surface area contributed by atoms with E-state index in [0.717, 1.165) is 63.6 Å². The molecule has 0 saturated carbocycles. The summed E-state index contributed by atoms with van der Waals surface area (Å²) in [5.74, 6) is 1.83. The number of aromatic nitrogens is 4. The maximum atomic E-state index is 12.5. The van der Waals surface area contributed by atoms with Crippen LogP contribution in [0.4, 0.5) is 5.82 Å². The molecule has 2 aliphatic rings. The van der Waals surface area contributed by atoms with Gasteiger partial charge in [0, 0.05) is 57.6 Å². The monoisotopic (exact) mass is 413 g/mol. The van der Waals surface area contributed by atoms with E-state index in [1.807, 2.05) is 18.3 Å². The second-order valence-electron chi connectivity index (χ2n) is 6.55. The summed E-state index contributed by atoms with van der Waals surface area (Å²) in [5.41, 5.74) is 0.535. The Bertz CT molecular complexity index is 709. The van der Waals surface area contributed by atoms with Crippen molar-refractivity contribution >= 4 is 36.5 Å². The van der Waals surface area contributed by atoms with Crippen molar-refractivity contribution in [1.82, 2.24) is 30.4 Å². The fourth-order valence-corrected chi connectivity index (χ4v) is 3.46. The van der Waals surface area contributed by atoms with Crippen molar-refractivity contribution < 1.29 is 4.79 Å². The molecule has 0 spiro atoms. The quantitative estimate of drug-likeness (QED) is 0.781. The zero-order valence-corrected chi connectivity index (χ0v) is 16.6. The van der Waals surface area contributed by atoms with Gasteiger partial charge in [0.25, 0.3) is 5.91 Å². The lowest BCUT2D eigenvalue weighted by molar-refractivity contribution is 0.0926. The Morgan fingerprint density at radius 2 is 2.00 bits per heavy atom. The summed E-state index contributed by atoms with van der Waals surface area (Å²) in [5, 5.41) is 14.6. The Balaban J connectivity index is 0.00000131. The average molecular weight is 414 g/mol. The number of imidazole rings is 1. The van der Waals surface area contributed by atoms with Crippen LogP contribution in [0.1, 0.15) is 29.2 Å². The Hall–Kier alpha value is -1.90. The number of nitrogens with zero attached hydrogens (tertiary/aromatic N) is 5. The normalized spacial score (nSPS) is 17.1. The first-order valence-corrected chi connectivity index (χ1v) is 8.90. The number of nitrogens with one attached hydrogen (secondary N) is 2. The zero-order valence-electron chi connectivity index (χ0n) is 15.0. The summed E-state index contributed by atoms with van der Waals surface area (Å²) in [6, 6.07) is 4.05. The maximum Gasteiger partial charge on any atom is 0.271 e. The molecule has 0 unspecified atom stereocenters. The number of anilines is 1. The van der Waals surface area contributed by atoms with Crippen molar-refractivity contribution in [3.8, 4) is 0 Å². The second-order valence-corrected chi connectivity index (χ2v) is 6.55.